The molecule has 88 heavy (non-hydrogen) atoms. The van der Waals surface area contributed by atoms with Crippen LogP contribution in [0.4, 0.5) is 0 Å². The third-order valence-corrected chi connectivity index (χ3v) is 16.8. The van der Waals surface area contributed by atoms with Crippen molar-refractivity contribution in [3.63, 3.8) is 0 Å². The fraction of sp³-hybridized carbons (Fsp3) is 0.419. The average molecular weight is 1270 g/mol. The van der Waals surface area contributed by atoms with E-state index in [2.05, 4.69) is 0 Å². The van der Waals surface area contributed by atoms with Gasteiger partial charge in [-0.3, -0.25) is 28.8 Å². The van der Waals surface area contributed by atoms with Gasteiger partial charge in [0, 0.05) is 110 Å². The molecule has 0 fully saturated rings. The molecule has 2 aliphatic rings. The van der Waals surface area contributed by atoms with Crippen LogP contribution in [0.15, 0.2) is 60.7 Å². The van der Waals surface area contributed by atoms with Gasteiger partial charge in [-0.05, 0) is 81.6 Å². The number of carbonyl (C=O) groups is 8. The number of carboxylic acid groups (broad SMARTS) is 4. The summed E-state index contributed by atoms with van der Waals surface area (Å²) >= 11 is 2.57. The molecular weight excluding hydrogens is 1200 g/mol. The van der Waals surface area contributed by atoms with Gasteiger partial charge in [0.2, 0.25) is 11.8 Å². The average Bonchev–Trinajstić information content (AvgIpc) is 3.75. The third-order valence-electron chi connectivity index (χ3n) is 14.5. The molecule has 0 unspecified atom stereocenters. The predicted octanol–water partition coefficient (Wildman–Crippen LogP) is 1.36. The minimum absolute atomic E-state index is 0. The maximum absolute atomic E-state index is 12.6. The normalized spacial score (nSPS) is 13.4. The van der Waals surface area contributed by atoms with E-state index >= 15 is 0 Å². The number of Topliss-reactive ketones (excluding diaryl/α,β-unsaturated/α-hetero) is 2. The molecule has 4 aromatic carbocycles. The van der Waals surface area contributed by atoms with Gasteiger partial charge < -0.3 is 77.7 Å². The van der Waals surface area contributed by atoms with E-state index in [4.69, 9.17) is 48.1 Å². The maximum Gasteiger partial charge on any atom is 1.00 e. The Morgan fingerprint density at radius 3 is 1.00 bits per heavy atom. The Morgan fingerprint density at radius 1 is 0.432 bits per heavy atom. The van der Waals surface area contributed by atoms with Crippen LogP contribution in [-0.4, -0.2) is 122 Å². The summed E-state index contributed by atoms with van der Waals surface area (Å²) < 4.78 is 47.5. The van der Waals surface area contributed by atoms with Crippen LogP contribution in [0.2, 0.25) is 0 Å². The van der Waals surface area contributed by atoms with E-state index in [0.29, 0.717) is 121 Å². The van der Waals surface area contributed by atoms with Crippen molar-refractivity contribution in [2.45, 2.75) is 92.4 Å². The number of ether oxygens (including phenoxy) is 8. The second kappa shape index (κ2) is 33.3. The molecule has 2 N–H and O–H groups in total. The van der Waals surface area contributed by atoms with Crippen LogP contribution < -0.4 is 107 Å². The number of fused-ring (bicyclic) bond motifs is 4. The zero-order valence-corrected chi connectivity index (χ0v) is 56.6. The summed E-state index contributed by atoms with van der Waals surface area (Å²) in [5.41, 5.74) is 3.65. The number of aliphatic carboxylic acids is 4. The molecule has 26 heteroatoms. The first kappa shape index (κ1) is 72.1. The van der Waals surface area contributed by atoms with Crippen LogP contribution in [0.25, 0.3) is 20.2 Å². The van der Waals surface area contributed by atoms with Gasteiger partial charge in [-0.1, -0.05) is 27.7 Å². The van der Waals surface area contributed by atoms with Gasteiger partial charge in [0.15, 0.2) is 57.6 Å². The van der Waals surface area contributed by atoms with E-state index in [-0.39, 0.29) is 108 Å². The Labute approximate surface area is 560 Å². The molecule has 460 valence electrons. The third kappa shape index (κ3) is 18.7. The standard InChI is InChI=1S/2C31H35NO10S.2Na/c2*1-17(30(35)36)8-22(33)28-13-19-10-25(24(40-4)14-27(19)43-28)41-6-5-7-42-26-12-21-16-32(15-20(21)11-23(26)39-3)29(34)9-18(2)31(37)38;;/h2*10-14,17-18H,5-9,15-16H2,1-4H3,(H,35,36)(H,37,38);;/q;;2*+1/p-2/t2*17-,18-;;/m00../s1. The molecule has 0 spiro atoms. The molecule has 4 heterocycles. The molecule has 2 aromatic heterocycles. The molecule has 2 amide bonds. The Morgan fingerprint density at radius 2 is 0.716 bits per heavy atom. The van der Waals surface area contributed by atoms with Gasteiger partial charge in [-0.2, -0.15) is 0 Å². The Bertz CT molecular complexity index is 3300. The number of thiophene rings is 2. The number of carboxylic acids is 4. The predicted molar refractivity (Wildman–Crippen MR) is 312 cm³/mol. The van der Waals surface area contributed by atoms with Gasteiger partial charge in [-0.25, -0.2) is 0 Å². The summed E-state index contributed by atoms with van der Waals surface area (Å²) in [5.74, 6) is -4.52. The Balaban J connectivity index is 0.000000313. The van der Waals surface area contributed by atoms with E-state index in [9.17, 15) is 48.6 Å². The monoisotopic (exact) mass is 1270 g/mol. The van der Waals surface area contributed by atoms with Gasteiger partial charge in [0.25, 0.3) is 0 Å². The summed E-state index contributed by atoms with van der Waals surface area (Å²) in [4.78, 5) is 98.7. The SMILES string of the molecule is COc1cc2c(cc1OCCCOc1cc3cc(C(=O)C[C@H](C)C(=O)O)sc3cc1OC)CN(C(=O)C[C@H](C)C(=O)[O-])C2.COc1cc2c(cc1OCCCOc1cc3cc(C(=O)C[C@H](C)C(=O)O)sc3cc1OC)CN(C(=O)C[C@H](C)C(=O)[O-])C2.[Na+].[Na+]. The van der Waals surface area contributed by atoms with Crippen molar-refractivity contribution in [1.82, 2.24) is 9.80 Å². The van der Waals surface area contributed by atoms with Gasteiger partial charge >= 0.3 is 71.1 Å². The summed E-state index contributed by atoms with van der Waals surface area (Å²) in [6, 6.07) is 18.0. The molecule has 0 aliphatic carbocycles. The van der Waals surface area contributed by atoms with Crippen molar-refractivity contribution in [2.24, 2.45) is 23.7 Å². The molecule has 0 bridgehead atoms. The fourth-order valence-electron chi connectivity index (χ4n) is 9.35. The van der Waals surface area contributed by atoms with Crippen LogP contribution in [-0.2, 0) is 54.9 Å². The number of rotatable bonds is 30. The molecule has 0 saturated carbocycles. The fourth-order valence-corrected chi connectivity index (χ4v) is 11.4. The number of amides is 2. The van der Waals surface area contributed by atoms with Crippen LogP contribution in [0.3, 0.4) is 0 Å². The van der Waals surface area contributed by atoms with E-state index in [1.807, 2.05) is 24.3 Å². The Hall–Kier alpha value is -6.64. The second-order valence-corrected chi connectivity index (χ2v) is 23.2. The van der Waals surface area contributed by atoms with Crippen molar-refractivity contribution in [3.05, 3.63) is 92.7 Å². The van der Waals surface area contributed by atoms with E-state index in [1.54, 1.807) is 46.2 Å². The molecule has 0 saturated heterocycles. The number of methoxy groups -OCH3 is 4. The molecule has 22 nitrogen and oxygen atoms in total. The van der Waals surface area contributed by atoms with E-state index < -0.39 is 47.5 Å². The van der Waals surface area contributed by atoms with Crippen molar-refractivity contribution >= 4 is 90.1 Å². The molecule has 4 atom stereocenters. The van der Waals surface area contributed by atoms with Gasteiger partial charge in [-0.15, -0.1) is 22.7 Å². The van der Waals surface area contributed by atoms with E-state index in [0.717, 1.165) is 42.4 Å². The molecule has 0 radical (unpaired) electrons. The van der Waals surface area contributed by atoms with Gasteiger partial charge in [0.05, 0.1) is 76.5 Å². The van der Waals surface area contributed by atoms with E-state index in [1.165, 1.54) is 78.8 Å². The van der Waals surface area contributed by atoms with Crippen LogP contribution in [0, 0.1) is 23.7 Å². The van der Waals surface area contributed by atoms with Gasteiger partial charge in [0.1, 0.15) is 0 Å². The minimum Gasteiger partial charge on any atom is -0.550 e. The summed E-state index contributed by atoms with van der Waals surface area (Å²) in [5, 5.41) is 41.9. The first-order chi connectivity index (χ1) is 41.0. The van der Waals surface area contributed by atoms with Crippen molar-refractivity contribution in [3.8, 4) is 46.0 Å². The second-order valence-electron chi connectivity index (χ2n) is 21.0. The minimum atomic E-state index is -1.25. The quantitative estimate of drug-likeness (QED) is 0.0365. The van der Waals surface area contributed by atoms with Crippen molar-refractivity contribution in [2.75, 3.05) is 54.9 Å². The summed E-state index contributed by atoms with van der Waals surface area (Å²) in [6.07, 6.45) is 0.690. The number of ketones is 2. The largest absolute Gasteiger partial charge is 1.00 e. The van der Waals surface area contributed by atoms with Crippen molar-refractivity contribution < 1.29 is 156 Å². The zero-order chi connectivity index (χ0) is 62.5. The molecule has 6 aromatic rings. The Kier molecular flexibility index (Phi) is 27.3. The number of carbonyl (C=O) groups excluding carboxylic acids is 6. The molecule has 2 aliphatic heterocycles. The first-order valence-electron chi connectivity index (χ1n) is 27.6. The molecule has 8 rings (SSSR count). The van der Waals surface area contributed by atoms with Crippen LogP contribution in [0.1, 0.15) is 108 Å². The van der Waals surface area contributed by atoms with Crippen LogP contribution in [0.5, 0.6) is 46.0 Å². The number of hydrogen-bond donors (Lipinski definition) is 2. The first-order valence-corrected chi connectivity index (χ1v) is 29.3. The number of hydrogen-bond acceptors (Lipinski definition) is 20. The van der Waals surface area contributed by atoms with Crippen molar-refractivity contribution in [1.29, 1.82) is 0 Å². The topological polar surface area (TPSA) is 303 Å². The van der Waals surface area contributed by atoms with Crippen LogP contribution >= 0.6 is 22.7 Å². The summed E-state index contributed by atoms with van der Waals surface area (Å²) in [7, 11) is 6.14. The zero-order valence-electron chi connectivity index (χ0n) is 50.9. The number of benzene rings is 4. The smallest absolute Gasteiger partial charge is 0.550 e. The maximum atomic E-state index is 12.6. The molecular formula is C62H68N2Na2O20S2. The summed E-state index contributed by atoms with van der Waals surface area (Å²) in [6.45, 7) is 8.66. The number of nitrogens with zero attached hydrogens (tertiary/aromatic N) is 2.